The van der Waals surface area contributed by atoms with Gasteiger partial charge in [-0.25, -0.2) is 13.2 Å². The molecule has 1 aliphatic rings. The molecule has 0 aliphatic carbocycles. The van der Waals surface area contributed by atoms with Crippen LogP contribution in [0, 0.1) is 0 Å². The van der Waals surface area contributed by atoms with Crippen molar-refractivity contribution in [1.82, 2.24) is 5.06 Å². The first-order chi connectivity index (χ1) is 13.7. The number of ether oxygens (including phenoxy) is 1. The number of nitrogens with zero attached hydrogens (tertiary/aromatic N) is 1. The van der Waals surface area contributed by atoms with Crippen molar-refractivity contribution in [2.24, 2.45) is 0 Å². The van der Waals surface area contributed by atoms with Gasteiger partial charge in [-0.05, 0) is 24.3 Å². The maximum atomic E-state index is 12.6. The number of fused-ring (bicyclic) bond motifs is 1. The normalized spacial score (nSPS) is 13.6. The summed E-state index contributed by atoms with van der Waals surface area (Å²) in [4.78, 5) is 41.9. The molecule has 0 aromatic heterocycles. The highest BCUT2D eigenvalue weighted by Crippen LogP contribution is 2.33. The van der Waals surface area contributed by atoms with E-state index in [9.17, 15) is 22.8 Å². The van der Waals surface area contributed by atoms with Gasteiger partial charge in [-0.2, -0.15) is 0 Å². The largest absolute Gasteiger partial charge is 0.384 e. The molecule has 0 fully saturated rings. The fourth-order valence-electron chi connectivity index (χ4n) is 2.64. The molecule has 0 saturated carbocycles. The molecule has 0 spiro atoms. The molecular weight excluding hydrogens is 445 g/mol. The zero-order chi connectivity index (χ0) is 21.3. The molecule has 11 heteroatoms. The SMILES string of the molecule is COCCS(=O)(=O)c1ccc(Cl)c(C(=O)ON2C(=O)c3ccccc3C2=O)c1Cl. The number of sulfone groups is 1. The van der Waals surface area contributed by atoms with Crippen molar-refractivity contribution in [2.75, 3.05) is 19.5 Å². The topological polar surface area (TPSA) is 107 Å². The highest BCUT2D eigenvalue weighted by atomic mass is 35.5. The van der Waals surface area contributed by atoms with Crippen LogP contribution in [0.4, 0.5) is 0 Å². The Hall–Kier alpha value is -2.46. The van der Waals surface area contributed by atoms with Crippen molar-refractivity contribution >= 4 is 50.8 Å². The number of hydrogen-bond donors (Lipinski definition) is 0. The van der Waals surface area contributed by atoms with Crippen molar-refractivity contribution in [3.63, 3.8) is 0 Å². The summed E-state index contributed by atoms with van der Waals surface area (Å²) in [6, 6.07) is 8.23. The molecule has 29 heavy (non-hydrogen) atoms. The smallest absolute Gasteiger partial charge is 0.367 e. The van der Waals surface area contributed by atoms with Gasteiger partial charge in [0.2, 0.25) is 0 Å². The summed E-state index contributed by atoms with van der Waals surface area (Å²) in [5.41, 5.74) is -0.347. The second kappa shape index (κ2) is 8.11. The van der Waals surface area contributed by atoms with Crippen LogP contribution in [0.1, 0.15) is 31.1 Å². The Labute approximate surface area is 175 Å². The number of carbonyl (C=O) groups excluding carboxylic acids is 3. The van der Waals surface area contributed by atoms with E-state index in [1.165, 1.54) is 19.2 Å². The van der Waals surface area contributed by atoms with E-state index < -0.39 is 38.2 Å². The average molecular weight is 458 g/mol. The number of hydrogen-bond acceptors (Lipinski definition) is 7. The van der Waals surface area contributed by atoms with Crippen LogP contribution in [0.5, 0.6) is 0 Å². The number of rotatable bonds is 6. The van der Waals surface area contributed by atoms with Gasteiger partial charge < -0.3 is 9.57 Å². The molecular formula is C18H13Cl2NO7S. The summed E-state index contributed by atoms with van der Waals surface area (Å²) < 4.78 is 29.6. The maximum Gasteiger partial charge on any atom is 0.367 e. The van der Waals surface area contributed by atoms with Crippen molar-refractivity contribution in [3.8, 4) is 0 Å². The van der Waals surface area contributed by atoms with Crippen LogP contribution in [-0.2, 0) is 19.4 Å². The average Bonchev–Trinajstić information content (AvgIpc) is 2.91. The third kappa shape index (κ3) is 3.86. The predicted octanol–water partition coefficient (Wildman–Crippen LogP) is 2.78. The third-order valence-corrected chi connectivity index (χ3v) is 6.62. The molecule has 0 unspecified atom stereocenters. The molecule has 1 heterocycles. The van der Waals surface area contributed by atoms with Gasteiger partial charge in [-0.15, -0.1) is 0 Å². The van der Waals surface area contributed by atoms with Gasteiger partial charge in [-0.3, -0.25) is 9.59 Å². The van der Waals surface area contributed by atoms with Crippen LogP contribution in [0.2, 0.25) is 10.0 Å². The first-order valence-electron chi connectivity index (χ1n) is 8.09. The maximum absolute atomic E-state index is 12.6. The van der Waals surface area contributed by atoms with E-state index in [4.69, 9.17) is 32.8 Å². The number of amides is 2. The number of methoxy groups -OCH3 is 1. The Morgan fingerprint density at radius 3 is 2.17 bits per heavy atom. The molecule has 0 atom stereocenters. The predicted molar refractivity (Wildman–Crippen MR) is 103 cm³/mol. The van der Waals surface area contributed by atoms with Crippen molar-refractivity contribution in [2.45, 2.75) is 4.90 Å². The lowest BCUT2D eigenvalue weighted by Crippen LogP contribution is -2.33. The highest BCUT2D eigenvalue weighted by molar-refractivity contribution is 7.91. The van der Waals surface area contributed by atoms with E-state index >= 15 is 0 Å². The molecule has 2 amide bonds. The molecule has 2 aromatic rings. The Bertz CT molecular complexity index is 1100. The van der Waals surface area contributed by atoms with Crippen LogP contribution in [0.25, 0.3) is 0 Å². The number of hydroxylamine groups is 2. The monoisotopic (exact) mass is 457 g/mol. The Kier molecular flexibility index (Phi) is 5.95. The molecule has 0 saturated heterocycles. The van der Waals surface area contributed by atoms with Gasteiger partial charge in [0.15, 0.2) is 9.84 Å². The van der Waals surface area contributed by atoms with E-state index in [-0.39, 0.29) is 38.5 Å². The molecule has 1 aliphatic heterocycles. The molecule has 0 N–H and O–H groups in total. The molecule has 152 valence electrons. The summed E-state index contributed by atoms with van der Waals surface area (Å²) in [6.07, 6.45) is 0. The first-order valence-corrected chi connectivity index (χ1v) is 10.5. The first kappa shape index (κ1) is 21.3. The molecule has 3 rings (SSSR count). The lowest BCUT2D eigenvalue weighted by molar-refractivity contribution is -0.0584. The quantitative estimate of drug-likeness (QED) is 0.613. The standard InChI is InChI=1S/C18H13Cl2NO7S/c1-27-8-9-29(25,26)13-7-6-12(19)14(15(13)20)18(24)28-21-16(22)10-4-2-3-5-11(10)17(21)23/h2-7H,8-9H2,1H3. The van der Waals surface area contributed by atoms with Gasteiger partial charge in [-0.1, -0.05) is 40.4 Å². The van der Waals surface area contributed by atoms with Crippen LogP contribution in [-0.4, -0.2) is 50.7 Å². The minimum absolute atomic E-state index is 0.0680. The van der Waals surface area contributed by atoms with Crippen molar-refractivity contribution in [1.29, 1.82) is 0 Å². The second-order valence-corrected chi connectivity index (χ2v) is 8.74. The zero-order valence-corrected chi connectivity index (χ0v) is 17.2. The Balaban J connectivity index is 1.94. The fourth-order valence-corrected chi connectivity index (χ4v) is 4.78. The minimum Gasteiger partial charge on any atom is -0.384 e. The summed E-state index contributed by atoms with van der Waals surface area (Å²) in [6.45, 7) is -0.0872. The fraction of sp³-hybridized carbons (Fsp3) is 0.167. The molecule has 2 aromatic carbocycles. The number of imide groups is 1. The Morgan fingerprint density at radius 1 is 1.03 bits per heavy atom. The van der Waals surface area contributed by atoms with Crippen LogP contribution in [0.15, 0.2) is 41.3 Å². The molecule has 0 radical (unpaired) electrons. The van der Waals surface area contributed by atoms with Gasteiger partial charge in [0.05, 0.1) is 38.4 Å². The minimum atomic E-state index is -3.89. The molecule has 0 bridgehead atoms. The van der Waals surface area contributed by atoms with Gasteiger partial charge in [0.1, 0.15) is 5.56 Å². The summed E-state index contributed by atoms with van der Waals surface area (Å²) >= 11 is 12.1. The van der Waals surface area contributed by atoms with E-state index in [0.717, 1.165) is 12.1 Å². The van der Waals surface area contributed by atoms with Crippen LogP contribution in [0.3, 0.4) is 0 Å². The molecule has 8 nitrogen and oxygen atoms in total. The summed E-state index contributed by atoms with van der Waals surface area (Å²) in [5.74, 6) is -3.30. The lowest BCUT2D eigenvalue weighted by Gasteiger charge is -2.15. The Morgan fingerprint density at radius 2 is 1.62 bits per heavy atom. The summed E-state index contributed by atoms with van der Waals surface area (Å²) in [5, 5.41) is -0.399. The van der Waals surface area contributed by atoms with Gasteiger partial charge >= 0.3 is 5.97 Å². The second-order valence-electron chi connectivity index (χ2n) is 5.88. The van der Waals surface area contributed by atoms with Crippen molar-refractivity contribution in [3.05, 3.63) is 63.1 Å². The number of benzene rings is 2. The van der Waals surface area contributed by atoms with E-state index in [0.29, 0.717) is 0 Å². The zero-order valence-electron chi connectivity index (χ0n) is 14.8. The number of halogens is 2. The van der Waals surface area contributed by atoms with Gasteiger partial charge in [0, 0.05) is 7.11 Å². The van der Waals surface area contributed by atoms with Crippen LogP contribution >= 0.6 is 23.2 Å². The lowest BCUT2D eigenvalue weighted by atomic mass is 10.1. The third-order valence-electron chi connectivity index (χ3n) is 4.08. The summed E-state index contributed by atoms with van der Waals surface area (Å²) in [7, 11) is -2.55. The highest BCUT2D eigenvalue weighted by Gasteiger charge is 2.39. The van der Waals surface area contributed by atoms with Crippen molar-refractivity contribution < 1.29 is 32.4 Å². The van der Waals surface area contributed by atoms with E-state index in [2.05, 4.69) is 0 Å². The van der Waals surface area contributed by atoms with Crippen LogP contribution < -0.4 is 0 Å². The number of carbonyl (C=O) groups is 3. The van der Waals surface area contributed by atoms with E-state index in [1.807, 2.05) is 0 Å². The van der Waals surface area contributed by atoms with E-state index in [1.54, 1.807) is 12.1 Å². The van der Waals surface area contributed by atoms with Gasteiger partial charge in [0.25, 0.3) is 11.8 Å².